The van der Waals surface area contributed by atoms with Gasteiger partial charge in [0.1, 0.15) is 0 Å². The van der Waals surface area contributed by atoms with Gasteiger partial charge in [-0.3, -0.25) is 0 Å². The maximum Gasteiger partial charge on any atom is 0.0332 e. The lowest BCUT2D eigenvalue weighted by molar-refractivity contribution is 1.31. The number of hydrogen-bond acceptors (Lipinski definition) is 4. The summed E-state index contributed by atoms with van der Waals surface area (Å²) in [6.45, 7) is 0. The molecular weight excluding hydrogens is 961 g/mol. The van der Waals surface area contributed by atoms with Gasteiger partial charge in [-0.15, -0.1) is 0 Å². The minimum Gasteiger partial charge on any atom is -0.152 e. The molecular formula is C56H46Br2S4. The number of halogens is 2. The molecule has 0 aliphatic carbocycles. The highest BCUT2D eigenvalue weighted by molar-refractivity contribution is 9.11. The van der Waals surface area contributed by atoms with E-state index >= 15 is 0 Å². The normalized spacial score (nSPS) is 13.8. The van der Waals surface area contributed by atoms with E-state index in [1.54, 1.807) is 0 Å². The molecule has 8 aromatic carbocycles. The Morgan fingerprint density at radius 1 is 0.242 bits per heavy atom. The van der Waals surface area contributed by atoms with Crippen LogP contribution < -0.4 is 0 Å². The first kappa shape index (κ1) is 43.4. The molecule has 7 aliphatic rings. The molecule has 0 aromatic heterocycles. The highest BCUT2D eigenvalue weighted by Gasteiger charge is 2.13. The first-order valence-corrected chi connectivity index (χ1v) is 27.1. The second-order valence-electron chi connectivity index (χ2n) is 15.7. The lowest BCUT2D eigenvalue weighted by Crippen LogP contribution is -1.90. The van der Waals surface area contributed by atoms with Gasteiger partial charge in [0, 0.05) is 55.0 Å². The van der Waals surface area contributed by atoms with E-state index in [2.05, 4.69) is 214 Å². The Balaban J connectivity index is 0.917. The molecule has 0 saturated carbocycles. The Morgan fingerprint density at radius 3 is 0.694 bits per heavy atom. The van der Waals surface area contributed by atoms with Gasteiger partial charge in [0.2, 0.25) is 0 Å². The van der Waals surface area contributed by atoms with Crippen molar-refractivity contribution in [2.24, 2.45) is 0 Å². The van der Waals surface area contributed by atoms with Crippen molar-refractivity contribution in [1.29, 1.82) is 0 Å². The summed E-state index contributed by atoms with van der Waals surface area (Å²) in [5, 5.41) is 0. The third-order valence-corrected chi connectivity index (χ3v) is 17.2. The molecule has 15 rings (SSSR count). The largest absolute Gasteiger partial charge is 0.152 e. The fourth-order valence-corrected chi connectivity index (χ4v) is 13.1. The van der Waals surface area contributed by atoms with Crippen LogP contribution in [0.4, 0.5) is 0 Å². The number of hydrogen-bond donors (Lipinski definition) is 0. The molecule has 6 heteroatoms. The van der Waals surface area contributed by atoms with Gasteiger partial charge < -0.3 is 0 Å². The number of thioether (sulfide) groups is 4. The Labute approximate surface area is 401 Å². The molecule has 0 saturated heterocycles. The van der Waals surface area contributed by atoms with E-state index in [0.29, 0.717) is 0 Å². The Bertz CT molecular complexity index is 2380. The Kier molecular flexibility index (Phi) is 14.8. The maximum absolute atomic E-state index is 4.00. The summed E-state index contributed by atoms with van der Waals surface area (Å²) in [6.07, 6.45) is 0. The Morgan fingerprint density at radius 2 is 0.452 bits per heavy atom. The molecule has 0 atom stereocenters. The van der Waals surface area contributed by atoms with Crippen molar-refractivity contribution in [1.82, 2.24) is 0 Å². The maximum atomic E-state index is 4.00. The molecule has 7 heterocycles. The molecule has 0 fully saturated rings. The van der Waals surface area contributed by atoms with E-state index < -0.39 is 0 Å². The summed E-state index contributed by atoms with van der Waals surface area (Å²) >= 11 is 15.9. The highest BCUT2D eigenvalue weighted by atomic mass is 79.9. The van der Waals surface area contributed by atoms with Crippen molar-refractivity contribution >= 4 is 78.9 Å². The van der Waals surface area contributed by atoms with Gasteiger partial charge in [-0.1, -0.05) is 182 Å². The lowest BCUT2D eigenvalue weighted by atomic mass is 9.98. The van der Waals surface area contributed by atoms with Gasteiger partial charge in [0.05, 0.1) is 0 Å². The Hall–Kier alpha value is -3.88. The highest BCUT2D eigenvalue weighted by Crippen LogP contribution is 2.39. The van der Waals surface area contributed by atoms with Crippen LogP contribution in [0.1, 0.15) is 44.5 Å². The standard InChI is InChI=1S/C56H46Br2S4/c57-55-51-9-3-11-53(55)49-25-17-41(18-26-49)33-61-37-45-7-2-8-46(30-45)38-62-34-42-19-27-50(28-20-42)54-12-4-10-52(56(54)58)48-23-15-40(16-24-48)32-60-36-44-6-1-5-43(29-44)35-59-31-39-13-21-47(51)22-14-39/h1-30H,31-38H2. The van der Waals surface area contributed by atoms with E-state index in [0.717, 1.165) is 55.0 Å². The molecule has 0 spiro atoms. The van der Waals surface area contributed by atoms with Gasteiger partial charge in [0.15, 0.2) is 0 Å². The topological polar surface area (TPSA) is 0 Å². The summed E-state index contributed by atoms with van der Waals surface area (Å²) in [5.41, 5.74) is 20.7. The zero-order valence-electron chi connectivity index (χ0n) is 34.4. The van der Waals surface area contributed by atoms with E-state index in [-0.39, 0.29) is 0 Å². The fraction of sp³-hybridized carbons (Fsp3) is 0.143. The van der Waals surface area contributed by atoms with Crippen molar-refractivity contribution < 1.29 is 0 Å². The first-order chi connectivity index (χ1) is 30.5. The summed E-state index contributed by atoms with van der Waals surface area (Å²) in [5.74, 6) is 7.95. The zero-order chi connectivity index (χ0) is 42.1. The summed E-state index contributed by atoms with van der Waals surface area (Å²) in [7, 11) is 0. The molecule has 0 amide bonds. The van der Waals surface area contributed by atoms with Gasteiger partial charge in [0.25, 0.3) is 0 Å². The van der Waals surface area contributed by atoms with Crippen molar-refractivity contribution in [3.05, 3.63) is 235 Å². The lowest BCUT2D eigenvalue weighted by Gasteiger charge is -2.12. The smallest absolute Gasteiger partial charge is 0.0332 e. The summed E-state index contributed by atoms with van der Waals surface area (Å²) in [4.78, 5) is 0. The fourth-order valence-electron chi connectivity index (χ4n) is 7.84. The SMILES string of the molecule is Brc1c2cccc1-c1ccc(cc1)CSCc1cccc(c1)CSCc1ccc(cc1)-c1cccc(c1Br)-c1ccc(cc1)CSCc1cccc(c1)CSCc1ccc-2cc1. The van der Waals surface area contributed by atoms with E-state index in [1.165, 1.54) is 89.0 Å². The van der Waals surface area contributed by atoms with Gasteiger partial charge in [-0.25, -0.2) is 0 Å². The zero-order valence-corrected chi connectivity index (χ0v) is 40.8. The van der Waals surface area contributed by atoms with Gasteiger partial charge >= 0.3 is 0 Å². The van der Waals surface area contributed by atoms with Crippen molar-refractivity contribution in [3.8, 4) is 44.5 Å². The third kappa shape index (κ3) is 11.1. The molecule has 62 heavy (non-hydrogen) atoms. The van der Waals surface area contributed by atoms with Crippen molar-refractivity contribution in [2.75, 3.05) is 0 Å². The summed E-state index contributed by atoms with van der Waals surface area (Å²) in [6, 6.07) is 67.9. The van der Waals surface area contributed by atoms with E-state index in [9.17, 15) is 0 Å². The van der Waals surface area contributed by atoms with Crippen LogP contribution in [-0.2, 0) is 46.0 Å². The van der Waals surface area contributed by atoms with E-state index in [4.69, 9.17) is 0 Å². The molecule has 0 nitrogen and oxygen atoms in total. The van der Waals surface area contributed by atoms with Crippen molar-refractivity contribution in [2.45, 2.75) is 46.0 Å². The van der Waals surface area contributed by atoms with E-state index in [1.807, 2.05) is 47.0 Å². The van der Waals surface area contributed by atoms with Crippen LogP contribution in [0.15, 0.2) is 191 Å². The van der Waals surface area contributed by atoms with Gasteiger partial charge in [-0.05, 0) is 121 Å². The second kappa shape index (κ2) is 21.2. The predicted octanol–water partition coefficient (Wildman–Crippen LogP) is 17.9. The first-order valence-electron chi connectivity index (χ1n) is 20.9. The minimum absolute atomic E-state index is 0.987. The van der Waals surface area contributed by atoms with Crippen LogP contribution in [0.25, 0.3) is 44.5 Å². The van der Waals surface area contributed by atoms with Crippen LogP contribution >= 0.6 is 78.9 Å². The van der Waals surface area contributed by atoms with Crippen LogP contribution in [0.5, 0.6) is 0 Å². The monoisotopic (exact) mass is 1000 g/mol. The van der Waals surface area contributed by atoms with Crippen molar-refractivity contribution in [3.63, 3.8) is 0 Å². The van der Waals surface area contributed by atoms with Crippen LogP contribution in [0, 0.1) is 0 Å². The van der Waals surface area contributed by atoms with Crippen LogP contribution in [0.3, 0.4) is 0 Å². The average Bonchev–Trinajstić information content (AvgIpc) is 3.30. The van der Waals surface area contributed by atoms with Gasteiger partial charge in [-0.2, -0.15) is 47.0 Å². The molecule has 0 N–H and O–H groups in total. The quantitative estimate of drug-likeness (QED) is 0.148. The molecule has 7 aliphatic heterocycles. The second-order valence-corrected chi connectivity index (χ2v) is 21.3. The molecule has 0 radical (unpaired) electrons. The third-order valence-electron chi connectivity index (χ3n) is 11.2. The number of benzene rings is 8. The molecule has 0 unspecified atom stereocenters. The molecule has 8 aromatic rings. The molecule has 308 valence electrons. The van der Waals surface area contributed by atoms with Crippen LogP contribution in [0.2, 0.25) is 0 Å². The van der Waals surface area contributed by atoms with Crippen LogP contribution in [-0.4, -0.2) is 0 Å². The predicted molar refractivity (Wildman–Crippen MR) is 283 cm³/mol. The number of rotatable bonds is 0. The molecule has 16 bridgehead atoms. The minimum atomic E-state index is 0.987. The summed E-state index contributed by atoms with van der Waals surface area (Å²) < 4.78 is 2.28. The average molecular weight is 1010 g/mol.